The molecule has 0 heterocycles. The van der Waals surface area contributed by atoms with Crippen molar-refractivity contribution in [3.05, 3.63) is 71.8 Å². The van der Waals surface area contributed by atoms with Gasteiger partial charge in [-0.05, 0) is 23.6 Å². The quantitative estimate of drug-likeness (QED) is 0.698. The molecule has 0 aliphatic rings. The van der Waals surface area contributed by atoms with Gasteiger partial charge in [0.15, 0.2) is 0 Å². The van der Waals surface area contributed by atoms with Crippen LogP contribution in [0, 0.1) is 0 Å². The molecule has 92 valence electrons. The molecule has 0 saturated heterocycles. The molecule has 0 atom stereocenters. The predicted octanol–water partition coefficient (Wildman–Crippen LogP) is 5.24. The van der Waals surface area contributed by atoms with Crippen LogP contribution in [0.4, 0.5) is 0 Å². The highest BCUT2D eigenvalue weighted by Crippen LogP contribution is 2.39. The monoisotopic (exact) mass is 272 g/mol. The fourth-order valence-corrected chi connectivity index (χ4v) is 3.71. The van der Waals surface area contributed by atoms with E-state index in [1.54, 1.807) is 0 Å². The Morgan fingerprint density at radius 2 is 0.944 bits per heavy atom. The lowest BCUT2D eigenvalue weighted by Crippen LogP contribution is -1.86. The van der Waals surface area contributed by atoms with Gasteiger partial charge in [0, 0.05) is 9.81 Å². The summed E-state index contributed by atoms with van der Waals surface area (Å²) in [4.78, 5) is 2.68. The molecule has 0 saturated carbocycles. The van der Waals surface area contributed by atoms with Crippen LogP contribution in [0.1, 0.15) is 11.1 Å². The molecule has 0 aromatic heterocycles. The zero-order valence-corrected chi connectivity index (χ0v) is 12.2. The van der Waals surface area contributed by atoms with Crippen LogP contribution < -0.4 is 0 Å². The van der Waals surface area contributed by atoms with Gasteiger partial charge in [-0.25, -0.2) is 0 Å². The van der Waals surface area contributed by atoms with E-state index in [1.807, 2.05) is 23.5 Å². The Morgan fingerprint density at radius 1 is 0.611 bits per heavy atom. The molecule has 0 nitrogen and oxygen atoms in total. The average molecular weight is 272 g/mol. The van der Waals surface area contributed by atoms with Crippen LogP contribution in [0.2, 0.25) is 0 Å². The van der Waals surface area contributed by atoms with Gasteiger partial charge in [0.25, 0.3) is 0 Å². The third-order valence-corrected chi connectivity index (χ3v) is 4.51. The summed E-state index contributed by atoms with van der Waals surface area (Å²) in [6.07, 6.45) is 4.28. The van der Waals surface area contributed by atoms with Gasteiger partial charge in [0.05, 0.1) is 0 Å². The van der Waals surface area contributed by atoms with Crippen LogP contribution in [0.25, 0.3) is 9.81 Å². The number of rotatable bonds is 4. The van der Waals surface area contributed by atoms with Gasteiger partial charge in [-0.1, -0.05) is 60.7 Å². The second-order valence-electron chi connectivity index (χ2n) is 3.80. The maximum Gasteiger partial charge on any atom is 0.0284 e. The maximum absolute atomic E-state index is 2.17. The van der Waals surface area contributed by atoms with E-state index in [0.717, 1.165) is 0 Å². The van der Waals surface area contributed by atoms with Crippen molar-refractivity contribution in [2.24, 2.45) is 0 Å². The van der Waals surface area contributed by atoms with Crippen molar-refractivity contribution >= 4 is 33.3 Å². The third-order valence-electron chi connectivity index (χ3n) is 2.69. The van der Waals surface area contributed by atoms with Gasteiger partial charge in [-0.2, -0.15) is 0 Å². The van der Waals surface area contributed by atoms with Crippen molar-refractivity contribution in [3.8, 4) is 0 Å². The standard InChI is InChI=1S/C16H16S2/c1-17-15(13-9-5-3-6-10-13)16(18-2)14-11-7-4-8-12-14/h3-12H,1-2H3/b16-15-. The minimum absolute atomic E-state index is 1.29. The fraction of sp³-hybridized carbons (Fsp3) is 0.125. The largest absolute Gasteiger partial charge is 0.128 e. The molecule has 0 aliphatic carbocycles. The lowest BCUT2D eigenvalue weighted by molar-refractivity contribution is 1.63. The molecule has 0 fully saturated rings. The summed E-state index contributed by atoms with van der Waals surface area (Å²) in [5.41, 5.74) is 2.58. The summed E-state index contributed by atoms with van der Waals surface area (Å²) in [6.45, 7) is 0. The van der Waals surface area contributed by atoms with Crippen LogP contribution in [-0.2, 0) is 0 Å². The normalized spacial score (nSPS) is 12.1. The Hall–Kier alpha value is -1.12. The lowest BCUT2D eigenvalue weighted by atomic mass is 10.1. The first-order valence-electron chi connectivity index (χ1n) is 5.80. The summed E-state index contributed by atoms with van der Waals surface area (Å²) in [7, 11) is 0. The zero-order valence-electron chi connectivity index (χ0n) is 10.6. The van der Waals surface area contributed by atoms with E-state index in [4.69, 9.17) is 0 Å². The summed E-state index contributed by atoms with van der Waals surface area (Å²) >= 11 is 3.62. The van der Waals surface area contributed by atoms with E-state index in [2.05, 4.69) is 73.2 Å². The van der Waals surface area contributed by atoms with Crippen LogP contribution in [-0.4, -0.2) is 12.5 Å². The van der Waals surface area contributed by atoms with Crippen molar-refractivity contribution in [3.63, 3.8) is 0 Å². The molecule has 2 heteroatoms. The Morgan fingerprint density at radius 3 is 1.22 bits per heavy atom. The number of hydrogen-bond donors (Lipinski definition) is 0. The van der Waals surface area contributed by atoms with E-state index in [1.165, 1.54) is 20.9 Å². The zero-order chi connectivity index (χ0) is 12.8. The Balaban J connectivity index is 2.53. The summed E-state index contributed by atoms with van der Waals surface area (Å²) in [6, 6.07) is 21.2. The first-order valence-corrected chi connectivity index (χ1v) is 8.25. The van der Waals surface area contributed by atoms with Gasteiger partial charge >= 0.3 is 0 Å². The number of benzene rings is 2. The molecule has 0 aliphatic heterocycles. The first kappa shape index (κ1) is 13.3. The van der Waals surface area contributed by atoms with Crippen molar-refractivity contribution in [1.29, 1.82) is 0 Å². The highest BCUT2D eigenvalue weighted by atomic mass is 32.2. The number of hydrogen-bond acceptors (Lipinski definition) is 2. The Labute approximate surface area is 118 Å². The SMILES string of the molecule is CS/C(=C(\SC)c1ccccc1)c1ccccc1. The molecular formula is C16H16S2. The van der Waals surface area contributed by atoms with Gasteiger partial charge in [-0.3, -0.25) is 0 Å². The maximum atomic E-state index is 2.17. The minimum Gasteiger partial charge on any atom is -0.128 e. The topological polar surface area (TPSA) is 0 Å². The molecule has 0 radical (unpaired) electrons. The summed E-state index contributed by atoms with van der Waals surface area (Å²) in [5.74, 6) is 0. The van der Waals surface area contributed by atoms with Crippen LogP contribution >= 0.6 is 23.5 Å². The second kappa shape index (κ2) is 6.72. The molecule has 18 heavy (non-hydrogen) atoms. The van der Waals surface area contributed by atoms with E-state index >= 15 is 0 Å². The Bertz CT molecular complexity index is 466. The molecule has 0 N–H and O–H groups in total. The third kappa shape index (κ3) is 3.01. The second-order valence-corrected chi connectivity index (χ2v) is 5.43. The van der Waals surface area contributed by atoms with Crippen LogP contribution in [0.3, 0.4) is 0 Å². The van der Waals surface area contributed by atoms with Crippen LogP contribution in [0.15, 0.2) is 60.7 Å². The number of thioether (sulfide) groups is 2. The average Bonchev–Trinajstić information content (AvgIpc) is 2.46. The Kier molecular flexibility index (Phi) is 4.97. The first-order chi connectivity index (χ1) is 8.86. The van der Waals surface area contributed by atoms with Crippen molar-refractivity contribution in [1.82, 2.24) is 0 Å². The van der Waals surface area contributed by atoms with Crippen molar-refractivity contribution in [2.45, 2.75) is 0 Å². The van der Waals surface area contributed by atoms with Gasteiger partial charge < -0.3 is 0 Å². The molecular weight excluding hydrogens is 256 g/mol. The van der Waals surface area contributed by atoms with E-state index in [-0.39, 0.29) is 0 Å². The molecule has 0 bridgehead atoms. The molecule has 2 rings (SSSR count). The van der Waals surface area contributed by atoms with Crippen molar-refractivity contribution < 1.29 is 0 Å². The molecule has 0 amide bonds. The molecule has 2 aromatic rings. The lowest BCUT2D eigenvalue weighted by Gasteiger charge is -2.12. The highest BCUT2D eigenvalue weighted by Gasteiger charge is 2.09. The summed E-state index contributed by atoms with van der Waals surface area (Å²) < 4.78 is 0. The fourth-order valence-electron chi connectivity index (χ4n) is 1.86. The summed E-state index contributed by atoms with van der Waals surface area (Å²) in [5, 5.41) is 0. The molecule has 0 spiro atoms. The smallest absolute Gasteiger partial charge is 0.0284 e. The van der Waals surface area contributed by atoms with E-state index in [0.29, 0.717) is 0 Å². The van der Waals surface area contributed by atoms with Gasteiger partial charge in [-0.15, -0.1) is 23.5 Å². The van der Waals surface area contributed by atoms with Crippen molar-refractivity contribution in [2.75, 3.05) is 12.5 Å². The highest BCUT2D eigenvalue weighted by molar-refractivity contribution is 8.13. The van der Waals surface area contributed by atoms with Gasteiger partial charge in [0.2, 0.25) is 0 Å². The minimum atomic E-state index is 1.29. The molecule has 2 aromatic carbocycles. The van der Waals surface area contributed by atoms with E-state index < -0.39 is 0 Å². The van der Waals surface area contributed by atoms with Crippen LogP contribution in [0.5, 0.6) is 0 Å². The predicted molar refractivity (Wildman–Crippen MR) is 86.7 cm³/mol. The van der Waals surface area contributed by atoms with Gasteiger partial charge in [0.1, 0.15) is 0 Å². The molecule has 0 unspecified atom stereocenters. The van der Waals surface area contributed by atoms with E-state index in [9.17, 15) is 0 Å².